The molecule has 9 N–H and O–H groups in total. The van der Waals surface area contributed by atoms with Crippen LogP contribution in [0.5, 0.6) is 0 Å². The van der Waals surface area contributed by atoms with Gasteiger partial charge in [-0.3, -0.25) is 19.4 Å². The van der Waals surface area contributed by atoms with Gasteiger partial charge in [0.15, 0.2) is 5.96 Å². The van der Waals surface area contributed by atoms with Gasteiger partial charge in [0.1, 0.15) is 24.7 Å². The van der Waals surface area contributed by atoms with Crippen LogP contribution in [-0.4, -0.2) is 66.0 Å². The lowest BCUT2D eigenvalue weighted by Gasteiger charge is -2.25. The van der Waals surface area contributed by atoms with Gasteiger partial charge in [0.05, 0.1) is 0 Å². The monoisotopic (exact) mass is 696 g/mol. The summed E-state index contributed by atoms with van der Waals surface area (Å²) < 4.78 is 5.39. The van der Waals surface area contributed by atoms with Crippen molar-refractivity contribution in [1.29, 1.82) is 0 Å². The normalized spacial score (nSPS) is 12.7. The third-order valence-corrected chi connectivity index (χ3v) is 8.10. The number of nitrogens with zero attached hydrogens (tertiary/aromatic N) is 1. The molecule has 1 heterocycles. The summed E-state index contributed by atoms with van der Waals surface area (Å²) in [7, 11) is 0. The Morgan fingerprint density at radius 3 is 2.02 bits per heavy atom. The highest BCUT2D eigenvalue weighted by atomic mass is 16.5. The molecule has 270 valence electrons. The average Bonchev–Trinajstić information content (AvgIpc) is 3.53. The quantitative estimate of drug-likeness (QED) is 0.0470. The number of benzene rings is 3. The zero-order valence-electron chi connectivity index (χ0n) is 29.1. The number of aromatic nitrogens is 1. The van der Waals surface area contributed by atoms with E-state index in [4.69, 9.17) is 16.2 Å². The van der Waals surface area contributed by atoms with Crippen molar-refractivity contribution in [3.8, 4) is 0 Å². The number of carbonyl (C=O) groups is 4. The van der Waals surface area contributed by atoms with Crippen molar-refractivity contribution in [3.63, 3.8) is 0 Å². The van der Waals surface area contributed by atoms with Crippen LogP contribution >= 0.6 is 0 Å². The van der Waals surface area contributed by atoms with Crippen LogP contribution in [0.25, 0.3) is 10.9 Å². The van der Waals surface area contributed by atoms with Gasteiger partial charge in [-0.1, -0.05) is 92.7 Å². The minimum atomic E-state index is -1.12. The summed E-state index contributed by atoms with van der Waals surface area (Å²) in [6.45, 7) is 4.62. The van der Waals surface area contributed by atoms with Crippen molar-refractivity contribution in [2.75, 3.05) is 13.1 Å². The first-order valence-corrected chi connectivity index (χ1v) is 17.1. The zero-order chi connectivity index (χ0) is 36.6. The second-order valence-electron chi connectivity index (χ2n) is 12.7. The van der Waals surface area contributed by atoms with E-state index < -0.39 is 36.0 Å². The molecule has 0 unspecified atom stereocenters. The number of guanidine groups is 1. The highest BCUT2D eigenvalue weighted by Crippen LogP contribution is 2.20. The van der Waals surface area contributed by atoms with Crippen molar-refractivity contribution in [2.45, 2.75) is 64.3 Å². The first-order valence-electron chi connectivity index (χ1n) is 17.1. The predicted octanol–water partition coefficient (Wildman–Crippen LogP) is 3.04. The molecule has 3 aromatic carbocycles. The van der Waals surface area contributed by atoms with Crippen LogP contribution in [0.1, 0.15) is 43.4 Å². The lowest BCUT2D eigenvalue weighted by atomic mass is 10.0. The topological polar surface area (TPSA) is 206 Å². The fourth-order valence-corrected chi connectivity index (χ4v) is 5.44. The third kappa shape index (κ3) is 12.5. The van der Waals surface area contributed by atoms with Crippen LogP contribution in [0, 0.1) is 5.92 Å². The fraction of sp³-hybridized carbons (Fsp3) is 0.342. The summed E-state index contributed by atoms with van der Waals surface area (Å²) in [5.74, 6) is -1.39. The van der Waals surface area contributed by atoms with Gasteiger partial charge >= 0.3 is 6.09 Å². The van der Waals surface area contributed by atoms with E-state index in [1.807, 2.05) is 98.8 Å². The Hall–Kier alpha value is -5.85. The molecule has 0 bridgehead atoms. The molecule has 0 aliphatic carbocycles. The molecular formula is C38H48N8O5. The van der Waals surface area contributed by atoms with Crippen LogP contribution in [0.3, 0.4) is 0 Å². The number of fused-ring (bicyclic) bond motifs is 1. The molecule has 4 amide bonds. The SMILES string of the molecule is CC(C)CNC(=O)[C@H](Cc1ccccc1)NC(=O)[C@H](Cc1c[nH]c2ccccc12)NC(=O)[C@H](CCCN=C(N)N)NC(=O)OCc1ccccc1. The Kier molecular flexibility index (Phi) is 14.4. The van der Waals surface area contributed by atoms with Crippen LogP contribution < -0.4 is 32.7 Å². The van der Waals surface area contributed by atoms with Crippen LogP contribution in [0.15, 0.2) is 96.1 Å². The number of rotatable bonds is 18. The number of ether oxygens (including phenoxy) is 1. The number of H-pyrrole nitrogens is 1. The first-order chi connectivity index (χ1) is 24.6. The van der Waals surface area contributed by atoms with Crippen molar-refractivity contribution in [3.05, 3.63) is 108 Å². The smallest absolute Gasteiger partial charge is 0.408 e. The molecule has 4 aromatic rings. The Morgan fingerprint density at radius 2 is 1.35 bits per heavy atom. The van der Waals surface area contributed by atoms with E-state index in [2.05, 4.69) is 31.2 Å². The Bertz CT molecular complexity index is 1760. The van der Waals surface area contributed by atoms with Gasteiger partial charge in [-0.05, 0) is 41.5 Å². The van der Waals surface area contributed by atoms with E-state index >= 15 is 0 Å². The van der Waals surface area contributed by atoms with Crippen molar-refractivity contribution < 1.29 is 23.9 Å². The second kappa shape index (κ2) is 19.4. The van der Waals surface area contributed by atoms with E-state index in [1.54, 1.807) is 6.20 Å². The van der Waals surface area contributed by atoms with Gasteiger partial charge in [-0.2, -0.15) is 0 Å². The van der Waals surface area contributed by atoms with Crippen molar-refractivity contribution in [1.82, 2.24) is 26.3 Å². The number of amides is 4. The second-order valence-corrected chi connectivity index (χ2v) is 12.7. The molecule has 0 saturated carbocycles. The van der Waals surface area contributed by atoms with E-state index in [0.717, 1.165) is 27.6 Å². The number of nitrogens with two attached hydrogens (primary N) is 2. The number of aromatic amines is 1. The maximum Gasteiger partial charge on any atom is 0.408 e. The number of aliphatic imine (C=N–C) groups is 1. The summed E-state index contributed by atoms with van der Waals surface area (Å²) in [6, 6.07) is 23.0. The van der Waals surface area contributed by atoms with Crippen LogP contribution in [-0.2, 0) is 38.6 Å². The Labute approximate surface area is 298 Å². The van der Waals surface area contributed by atoms with E-state index in [1.165, 1.54) is 0 Å². The summed E-state index contributed by atoms with van der Waals surface area (Å²) >= 11 is 0. The third-order valence-electron chi connectivity index (χ3n) is 8.10. The summed E-state index contributed by atoms with van der Waals surface area (Å²) in [6.07, 6.45) is 1.84. The Balaban J connectivity index is 1.57. The number of alkyl carbamates (subject to hydrolysis) is 1. The lowest BCUT2D eigenvalue weighted by Crippen LogP contribution is -2.58. The minimum absolute atomic E-state index is 0.00227. The molecule has 3 atom stereocenters. The summed E-state index contributed by atoms with van der Waals surface area (Å²) in [4.78, 5) is 61.6. The van der Waals surface area contributed by atoms with E-state index in [-0.39, 0.29) is 50.2 Å². The first kappa shape index (κ1) is 38.0. The van der Waals surface area contributed by atoms with Gasteiger partial charge < -0.3 is 42.5 Å². The van der Waals surface area contributed by atoms with Crippen LogP contribution in [0.2, 0.25) is 0 Å². The fourth-order valence-electron chi connectivity index (χ4n) is 5.44. The maximum absolute atomic E-state index is 14.2. The number of carbonyl (C=O) groups excluding carboxylic acids is 4. The predicted molar refractivity (Wildman–Crippen MR) is 197 cm³/mol. The number of hydrogen-bond donors (Lipinski definition) is 7. The average molecular weight is 697 g/mol. The largest absolute Gasteiger partial charge is 0.445 e. The highest BCUT2D eigenvalue weighted by Gasteiger charge is 2.31. The molecule has 0 spiro atoms. The molecular weight excluding hydrogens is 648 g/mol. The van der Waals surface area contributed by atoms with E-state index in [9.17, 15) is 19.2 Å². The van der Waals surface area contributed by atoms with Crippen molar-refractivity contribution in [2.24, 2.45) is 22.4 Å². The molecule has 0 saturated heterocycles. The minimum Gasteiger partial charge on any atom is -0.445 e. The molecule has 51 heavy (non-hydrogen) atoms. The van der Waals surface area contributed by atoms with Gasteiger partial charge in [-0.25, -0.2) is 4.79 Å². The van der Waals surface area contributed by atoms with E-state index in [0.29, 0.717) is 13.0 Å². The van der Waals surface area contributed by atoms with Gasteiger partial charge in [-0.15, -0.1) is 0 Å². The number of para-hydroxylation sites is 1. The van der Waals surface area contributed by atoms with Gasteiger partial charge in [0.25, 0.3) is 0 Å². The molecule has 0 fully saturated rings. The molecule has 0 aliphatic heterocycles. The number of hydrogen-bond acceptors (Lipinski definition) is 6. The summed E-state index contributed by atoms with van der Waals surface area (Å²) in [5.41, 5.74) is 14.2. The molecule has 4 rings (SSSR count). The van der Waals surface area contributed by atoms with Crippen LogP contribution in [0.4, 0.5) is 4.79 Å². The van der Waals surface area contributed by atoms with Gasteiger partial charge in [0.2, 0.25) is 17.7 Å². The molecule has 1 aromatic heterocycles. The van der Waals surface area contributed by atoms with Crippen molar-refractivity contribution >= 4 is 40.7 Å². The Morgan fingerprint density at radius 1 is 0.745 bits per heavy atom. The molecule has 13 heteroatoms. The lowest BCUT2D eigenvalue weighted by molar-refractivity contribution is -0.132. The molecule has 0 aliphatic rings. The zero-order valence-corrected chi connectivity index (χ0v) is 29.1. The summed E-state index contributed by atoms with van der Waals surface area (Å²) in [5, 5.41) is 12.2. The highest BCUT2D eigenvalue weighted by molar-refractivity contribution is 5.95. The standard InChI is InChI=1S/C38H48N8O5/c1-25(2)22-43-34(47)32(20-26-12-5-3-6-13-26)44-36(49)33(21-28-23-42-30-17-10-9-16-29(28)30)45-35(48)31(18-11-19-41-37(39)40)46-38(50)51-24-27-14-7-4-8-15-27/h3-10,12-17,23,25,31-33,42H,11,18-22,24H2,1-2H3,(H,43,47)(H,44,49)(H,45,48)(H,46,50)(H4,39,40,41)/t31-,32-,33-/m0/s1. The number of nitrogens with one attached hydrogen (secondary N) is 5. The maximum atomic E-state index is 14.2. The molecule has 13 nitrogen and oxygen atoms in total. The van der Waals surface area contributed by atoms with Gasteiger partial charge in [0, 0.05) is 43.0 Å². The molecule has 0 radical (unpaired) electrons.